The molecule has 2 aromatic rings. The first-order valence-corrected chi connectivity index (χ1v) is 8.45. The van der Waals surface area contributed by atoms with Crippen molar-refractivity contribution < 1.29 is 13.9 Å². The molecular weight excluding hydrogens is 361 g/mol. The summed E-state index contributed by atoms with van der Waals surface area (Å²) in [5, 5.41) is 3.79. The van der Waals surface area contributed by atoms with Crippen LogP contribution < -0.4 is 25.4 Å². The van der Waals surface area contributed by atoms with Crippen molar-refractivity contribution in [2.45, 2.75) is 25.8 Å². The van der Waals surface area contributed by atoms with Gasteiger partial charge in [0.25, 0.3) is 0 Å². The van der Waals surface area contributed by atoms with Crippen LogP contribution in [0.15, 0.2) is 6.07 Å². The van der Waals surface area contributed by atoms with Gasteiger partial charge in [-0.1, -0.05) is 13.3 Å². The molecule has 1 saturated heterocycles. The molecule has 1 unspecified atom stereocenters. The van der Waals surface area contributed by atoms with Crippen molar-refractivity contribution in [1.82, 2.24) is 15.3 Å². The fourth-order valence-electron chi connectivity index (χ4n) is 3.28. The van der Waals surface area contributed by atoms with Gasteiger partial charge in [0.05, 0.1) is 14.2 Å². The minimum absolute atomic E-state index is 0. The number of hydrogen-bond acceptors (Lipinski definition) is 7. The molecule has 0 amide bonds. The van der Waals surface area contributed by atoms with Crippen molar-refractivity contribution in [3.05, 3.63) is 11.9 Å². The third-order valence-electron chi connectivity index (χ3n) is 4.52. The van der Waals surface area contributed by atoms with Gasteiger partial charge >= 0.3 is 0 Å². The van der Waals surface area contributed by atoms with Crippen LogP contribution >= 0.6 is 12.4 Å². The lowest BCUT2D eigenvalue weighted by Gasteiger charge is -2.36. The van der Waals surface area contributed by atoms with Crippen molar-refractivity contribution >= 4 is 35.1 Å². The molecule has 26 heavy (non-hydrogen) atoms. The molecular formula is C17H25ClFN5O2. The number of nitrogens with one attached hydrogen (secondary N) is 1. The lowest BCUT2D eigenvalue weighted by Crippen LogP contribution is -2.52. The Morgan fingerprint density at radius 2 is 2.12 bits per heavy atom. The summed E-state index contributed by atoms with van der Waals surface area (Å²) < 4.78 is 25.2. The first-order valence-electron chi connectivity index (χ1n) is 8.45. The highest BCUT2D eigenvalue weighted by Gasteiger charge is 2.26. The maximum Gasteiger partial charge on any atom is 0.228 e. The number of hydrogen-bond donors (Lipinski definition) is 2. The van der Waals surface area contributed by atoms with Gasteiger partial charge in [0.1, 0.15) is 11.3 Å². The molecule has 0 spiro atoms. The van der Waals surface area contributed by atoms with E-state index in [-0.39, 0.29) is 41.3 Å². The first-order chi connectivity index (χ1) is 12.1. The average molecular weight is 386 g/mol. The number of ether oxygens (including phenoxy) is 2. The fraction of sp³-hybridized carbons (Fsp3) is 0.529. The summed E-state index contributed by atoms with van der Waals surface area (Å²) in [6.45, 7) is 4.57. The Balaban J connectivity index is 0.00000243. The van der Waals surface area contributed by atoms with Crippen LogP contribution in [-0.4, -0.2) is 49.9 Å². The van der Waals surface area contributed by atoms with Crippen molar-refractivity contribution in [3.63, 3.8) is 0 Å². The van der Waals surface area contributed by atoms with Crippen molar-refractivity contribution in [3.8, 4) is 11.5 Å². The Kier molecular flexibility index (Phi) is 6.66. The molecule has 2 heterocycles. The standard InChI is InChI=1S/C17H24FN5O2.ClH/c1-4-5-10-9-20-6-7-23(10)17-21-14-11(16(19)22-17)8-12(24-2)15(25-3)13(14)18;/h8,10,20H,4-7,9H2,1-3H3,(H2,19,21,22);1H. The van der Waals surface area contributed by atoms with Crippen molar-refractivity contribution in [2.75, 3.05) is 44.5 Å². The van der Waals surface area contributed by atoms with Crippen LogP contribution in [0, 0.1) is 5.82 Å². The molecule has 0 saturated carbocycles. The zero-order chi connectivity index (χ0) is 18.0. The zero-order valence-corrected chi connectivity index (χ0v) is 16.0. The molecule has 7 nitrogen and oxygen atoms in total. The van der Waals surface area contributed by atoms with Gasteiger partial charge in [0.15, 0.2) is 17.3 Å². The maximum atomic E-state index is 14.9. The second-order valence-corrected chi connectivity index (χ2v) is 6.07. The smallest absolute Gasteiger partial charge is 0.228 e. The van der Waals surface area contributed by atoms with Crippen molar-refractivity contribution in [2.24, 2.45) is 0 Å². The largest absolute Gasteiger partial charge is 0.493 e. The summed E-state index contributed by atoms with van der Waals surface area (Å²) >= 11 is 0. The summed E-state index contributed by atoms with van der Waals surface area (Å²) in [7, 11) is 2.84. The predicted molar refractivity (Wildman–Crippen MR) is 103 cm³/mol. The number of aromatic nitrogens is 2. The van der Waals surface area contributed by atoms with Crippen LogP contribution in [0.1, 0.15) is 19.8 Å². The highest BCUT2D eigenvalue weighted by atomic mass is 35.5. The first kappa shape index (κ1) is 20.3. The molecule has 0 aliphatic carbocycles. The lowest BCUT2D eigenvalue weighted by molar-refractivity contribution is 0.339. The predicted octanol–water partition coefficient (Wildman–Crippen LogP) is 2.37. The topological polar surface area (TPSA) is 85.5 Å². The lowest BCUT2D eigenvalue weighted by atomic mass is 10.1. The number of nitrogens with two attached hydrogens (primary N) is 1. The van der Waals surface area contributed by atoms with Crippen LogP contribution in [-0.2, 0) is 0 Å². The normalized spacial score (nSPS) is 17.1. The third-order valence-corrected chi connectivity index (χ3v) is 4.52. The van der Waals surface area contributed by atoms with Gasteiger partial charge in [0, 0.05) is 31.1 Å². The van der Waals surface area contributed by atoms with Crippen LogP contribution in [0.2, 0.25) is 0 Å². The Labute approximate surface area is 158 Å². The molecule has 9 heteroatoms. The molecule has 1 aliphatic heterocycles. The number of methoxy groups -OCH3 is 2. The highest BCUT2D eigenvalue weighted by molar-refractivity contribution is 5.92. The third kappa shape index (κ3) is 3.57. The molecule has 1 aliphatic rings. The molecule has 144 valence electrons. The van der Waals surface area contributed by atoms with Gasteiger partial charge < -0.3 is 25.4 Å². The van der Waals surface area contributed by atoms with E-state index < -0.39 is 5.82 Å². The number of halogens is 2. The maximum absolute atomic E-state index is 14.9. The van der Waals surface area contributed by atoms with E-state index in [0.29, 0.717) is 11.3 Å². The van der Waals surface area contributed by atoms with Crippen molar-refractivity contribution in [1.29, 1.82) is 0 Å². The van der Waals surface area contributed by atoms with Crippen LogP contribution in [0.3, 0.4) is 0 Å². The van der Waals surface area contributed by atoms with E-state index in [1.807, 2.05) is 0 Å². The Morgan fingerprint density at radius 3 is 2.77 bits per heavy atom. The fourth-order valence-corrected chi connectivity index (χ4v) is 3.28. The van der Waals surface area contributed by atoms with E-state index in [4.69, 9.17) is 15.2 Å². The minimum atomic E-state index is -0.589. The molecule has 0 radical (unpaired) electrons. The molecule has 0 bridgehead atoms. The number of benzene rings is 1. The number of fused-ring (bicyclic) bond motifs is 1. The monoisotopic (exact) mass is 385 g/mol. The number of nitrogens with zero attached hydrogens (tertiary/aromatic N) is 3. The second kappa shape index (κ2) is 8.55. The van der Waals surface area contributed by atoms with E-state index in [1.54, 1.807) is 6.07 Å². The molecule has 1 aromatic carbocycles. The number of anilines is 2. The van der Waals surface area contributed by atoms with Crippen LogP contribution in [0.25, 0.3) is 10.9 Å². The highest BCUT2D eigenvalue weighted by Crippen LogP contribution is 2.37. The van der Waals surface area contributed by atoms with Gasteiger partial charge in [0.2, 0.25) is 5.95 Å². The number of nitrogen functional groups attached to an aromatic ring is 1. The molecule has 1 atom stereocenters. The van der Waals surface area contributed by atoms with Crippen LogP contribution in [0.4, 0.5) is 16.2 Å². The Morgan fingerprint density at radius 1 is 1.35 bits per heavy atom. The van der Waals surface area contributed by atoms with E-state index in [0.717, 1.165) is 32.5 Å². The number of rotatable bonds is 5. The van der Waals surface area contributed by atoms with E-state index >= 15 is 0 Å². The van der Waals surface area contributed by atoms with Gasteiger partial charge in [-0.05, 0) is 12.5 Å². The Bertz CT molecular complexity index is 775. The quantitative estimate of drug-likeness (QED) is 0.817. The van der Waals surface area contributed by atoms with Crippen LogP contribution in [0.5, 0.6) is 11.5 Å². The van der Waals surface area contributed by atoms with Gasteiger partial charge in [-0.15, -0.1) is 12.4 Å². The molecule has 3 rings (SSSR count). The summed E-state index contributed by atoms with van der Waals surface area (Å²) in [6.07, 6.45) is 2.05. The number of piperazine rings is 1. The van der Waals surface area contributed by atoms with E-state index in [2.05, 4.69) is 27.1 Å². The average Bonchev–Trinajstić information content (AvgIpc) is 2.62. The minimum Gasteiger partial charge on any atom is -0.493 e. The molecule has 3 N–H and O–H groups in total. The molecule has 1 aromatic heterocycles. The zero-order valence-electron chi connectivity index (χ0n) is 15.2. The SMILES string of the molecule is CCCC1CNCCN1c1nc(N)c2cc(OC)c(OC)c(F)c2n1.Cl. The van der Waals surface area contributed by atoms with Gasteiger partial charge in [-0.2, -0.15) is 4.98 Å². The second-order valence-electron chi connectivity index (χ2n) is 6.07. The van der Waals surface area contributed by atoms with Gasteiger partial charge in [-0.25, -0.2) is 9.37 Å². The molecule has 1 fully saturated rings. The van der Waals surface area contributed by atoms with Gasteiger partial charge in [-0.3, -0.25) is 0 Å². The van der Waals surface area contributed by atoms with E-state index in [9.17, 15) is 4.39 Å². The summed E-state index contributed by atoms with van der Waals surface area (Å²) in [5.74, 6) is 0.380. The Hall–Kier alpha value is -2.06. The summed E-state index contributed by atoms with van der Waals surface area (Å²) in [5.41, 5.74) is 6.26. The summed E-state index contributed by atoms with van der Waals surface area (Å²) in [4.78, 5) is 11.0. The van der Waals surface area contributed by atoms with E-state index in [1.165, 1.54) is 14.2 Å². The summed E-state index contributed by atoms with van der Waals surface area (Å²) in [6, 6.07) is 1.87.